The standard InChI is InChI=1S/C10H12N2.C9H11N3/c1-7(2)8-3-5-11-10-9(8)4-6-12-10;1-6(2)8-7-3-4-10-9(7)12-5-11-8/h3-7H,1-2H3,(H,11,12);3-6H,1-2H3,(H,10,11,12). The average molecular weight is 321 g/mol. The Bertz CT molecular complexity index is 855. The molecule has 0 unspecified atom stereocenters. The van der Waals surface area contributed by atoms with E-state index >= 15 is 0 Å². The first kappa shape index (κ1) is 16.2. The third-order valence-corrected chi connectivity index (χ3v) is 4.05. The van der Waals surface area contributed by atoms with E-state index in [0.29, 0.717) is 11.8 Å². The van der Waals surface area contributed by atoms with E-state index in [0.717, 1.165) is 22.4 Å². The first-order valence-corrected chi connectivity index (χ1v) is 8.28. The molecule has 124 valence electrons. The predicted octanol–water partition coefficient (Wildman–Crippen LogP) is 4.77. The van der Waals surface area contributed by atoms with Crippen molar-refractivity contribution in [2.24, 2.45) is 0 Å². The molecule has 0 aliphatic rings. The van der Waals surface area contributed by atoms with Crippen LogP contribution >= 0.6 is 0 Å². The molecule has 0 aliphatic heterocycles. The van der Waals surface area contributed by atoms with Crippen molar-refractivity contribution in [1.82, 2.24) is 24.9 Å². The van der Waals surface area contributed by atoms with Crippen molar-refractivity contribution in [1.29, 1.82) is 0 Å². The van der Waals surface area contributed by atoms with Crippen LogP contribution in [0.5, 0.6) is 0 Å². The summed E-state index contributed by atoms with van der Waals surface area (Å²) in [6.07, 6.45) is 7.29. The van der Waals surface area contributed by atoms with Crippen LogP contribution in [0.4, 0.5) is 0 Å². The van der Waals surface area contributed by atoms with Gasteiger partial charge in [0, 0.05) is 29.4 Å². The Morgan fingerprint density at radius 1 is 0.750 bits per heavy atom. The Morgan fingerprint density at radius 2 is 1.42 bits per heavy atom. The predicted molar refractivity (Wildman–Crippen MR) is 98.2 cm³/mol. The van der Waals surface area contributed by atoms with Crippen LogP contribution in [-0.4, -0.2) is 24.9 Å². The Kier molecular flexibility index (Phi) is 4.60. The van der Waals surface area contributed by atoms with Gasteiger partial charge in [-0.3, -0.25) is 0 Å². The van der Waals surface area contributed by atoms with Crippen LogP contribution in [0.1, 0.15) is 50.8 Å². The molecule has 0 spiro atoms. The van der Waals surface area contributed by atoms with Crippen molar-refractivity contribution < 1.29 is 0 Å². The van der Waals surface area contributed by atoms with E-state index < -0.39 is 0 Å². The molecule has 0 fully saturated rings. The van der Waals surface area contributed by atoms with Crippen LogP contribution in [0.3, 0.4) is 0 Å². The number of rotatable bonds is 2. The topological polar surface area (TPSA) is 70.2 Å². The van der Waals surface area contributed by atoms with Gasteiger partial charge in [0.1, 0.15) is 17.6 Å². The molecule has 4 aromatic rings. The third kappa shape index (κ3) is 3.15. The van der Waals surface area contributed by atoms with Gasteiger partial charge in [0.2, 0.25) is 0 Å². The molecule has 5 heteroatoms. The lowest BCUT2D eigenvalue weighted by molar-refractivity contribution is 0.828. The number of nitrogens with one attached hydrogen (secondary N) is 2. The van der Waals surface area contributed by atoms with Gasteiger partial charge in [0.05, 0.1) is 5.69 Å². The highest BCUT2D eigenvalue weighted by molar-refractivity contribution is 5.79. The van der Waals surface area contributed by atoms with Crippen LogP contribution in [-0.2, 0) is 0 Å². The second kappa shape index (κ2) is 6.83. The van der Waals surface area contributed by atoms with Crippen molar-refractivity contribution in [3.8, 4) is 0 Å². The van der Waals surface area contributed by atoms with E-state index in [1.165, 1.54) is 10.9 Å². The summed E-state index contributed by atoms with van der Waals surface area (Å²) in [5.74, 6) is 1.01. The molecule has 0 amide bonds. The number of pyridine rings is 1. The number of aromatic amines is 2. The molecule has 4 heterocycles. The Hall–Kier alpha value is -2.69. The maximum atomic E-state index is 4.25. The van der Waals surface area contributed by atoms with Crippen LogP contribution in [0.25, 0.3) is 22.1 Å². The first-order valence-electron chi connectivity index (χ1n) is 8.28. The zero-order valence-electron chi connectivity index (χ0n) is 14.5. The van der Waals surface area contributed by atoms with Crippen LogP contribution < -0.4 is 0 Å². The van der Waals surface area contributed by atoms with E-state index in [1.54, 1.807) is 6.33 Å². The van der Waals surface area contributed by atoms with E-state index in [4.69, 9.17) is 0 Å². The van der Waals surface area contributed by atoms with Gasteiger partial charge >= 0.3 is 0 Å². The molecule has 0 aliphatic carbocycles. The highest BCUT2D eigenvalue weighted by atomic mass is 14.9. The van der Waals surface area contributed by atoms with E-state index in [1.807, 2.05) is 24.7 Å². The maximum absolute atomic E-state index is 4.25. The zero-order chi connectivity index (χ0) is 17.1. The van der Waals surface area contributed by atoms with E-state index in [2.05, 4.69) is 64.7 Å². The minimum absolute atomic E-state index is 0.450. The summed E-state index contributed by atoms with van der Waals surface area (Å²) in [6.45, 7) is 8.66. The molecule has 2 N–H and O–H groups in total. The SMILES string of the molecule is CC(C)c1ccnc2[nH]ccc12.CC(C)c1ncnc2[nH]ccc12. The second-order valence-electron chi connectivity index (χ2n) is 6.45. The zero-order valence-corrected chi connectivity index (χ0v) is 14.5. The van der Waals surface area contributed by atoms with Gasteiger partial charge in [-0.15, -0.1) is 0 Å². The maximum Gasteiger partial charge on any atom is 0.140 e. The van der Waals surface area contributed by atoms with E-state index in [9.17, 15) is 0 Å². The van der Waals surface area contributed by atoms with Crippen LogP contribution in [0, 0.1) is 0 Å². The lowest BCUT2D eigenvalue weighted by atomic mass is 10.0. The van der Waals surface area contributed by atoms with Crippen molar-refractivity contribution >= 4 is 22.1 Å². The molecule has 0 radical (unpaired) electrons. The fourth-order valence-corrected chi connectivity index (χ4v) is 2.84. The summed E-state index contributed by atoms with van der Waals surface area (Å²) in [6, 6.07) is 6.18. The summed E-state index contributed by atoms with van der Waals surface area (Å²) >= 11 is 0. The summed E-state index contributed by atoms with van der Waals surface area (Å²) in [5.41, 5.74) is 4.39. The largest absolute Gasteiger partial charge is 0.346 e. The number of hydrogen-bond acceptors (Lipinski definition) is 3. The van der Waals surface area contributed by atoms with Crippen molar-refractivity contribution in [3.05, 3.63) is 54.4 Å². The van der Waals surface area contributed by atoms with Crippen LogP contribution in [0.15, 0.2) is 43.1 Å². The summed E-state index contributed by atoms with van der Waals surface area (Å²) in [5, 5.41) is 2.38. The minimum atomic E-state index is 0.450. The lowest BCUT2D eigenvalue weighted by Crippen LogP contribution is -1.93. The molecule has 5 nitrogen and oxygen atoms in total. The molecule has 0 saturated carbocycles. The van der Waals surface area contributed by atoms with Gasteiger partial charge in [-0.1, -0.05) is 27.7 Å². The lowest BCUT2D eigenvalue weighted by Gasteiger charge is -2.05. The third-order valence-electron chi connectivity index (χ3n) is 4.05. The van der Waals surface area contributed by atoms with Crippen molar-refractivity contribution in [2.45, 2.75) is 39.5 Å². The first-order chi connectivity index (χ1) is 11.6. The highest BCUT2D eigenvalue weighted by Crippen LogP contribution is 2.22. The van der Waals surface area contributed by atoms with Gasteiger partial charge in [-0.2, -0.15) is 0 Å². The smallest absolute Gasteiger partial charge is 0.140 e. The second-order valence-corrected chi connectivity index (χ2v) is 6.45. The number of aromatic nitrogens is 5. The molecule has 0 atom stereocenters. The molecular formula is C19H23N5. The summed E-state index contributed by atoms with van der Waals surface area (Å²) in [7, 11) is 0. The molecular weight excluding hydrogens is 298 g/mol. The minimum Gasteiger partial charge on any atom is -0.346 e. The molecule has 4 aromatic heterocycles. The monoisotopic (exact) mass is 321 g/mol. The molecule has 0 aromatic carbocycles. The highest BCUT2D eigenvalue weighted by Gasteiger charge is 2.07. The Balaban J connectivity index is 0.000000141. The van der Waals surface area contributed by atoms with E-state index in [-0.39, 0.29) is 0 Å². The number of nitrogens with zero attached hydrogens (tertiary/aromatic N) is 3. The summed E-state index contributed by atoms with van der Waals surface area (Å²) < 4.78 is 0. The van der Waals surface area contributed by atoms with Gasteiger partial charge in [0.25, 0.3) is 0 Å². The number of hydrogen-bond donors (Lipinski definition) is 2. The molecule has 24 heavy (non-hydrogen) atoms. The normalized spacial score (nSPS) is 11.2. The molecule has 4 rings (SSSR count). The number of fused-ring (bicyclic) bond motifs is 2. The Labute approximate surface area is 141 Å². The number of H-pyrrole nitrogens is 2. The molecule has 0 saturated heterocycles. The van der Waals surface area contributed by atoms with Gasteiger partial charge in [-0.05, 0) is 35.6 Å². The quantitative estimate of drug-likeness (QED) is 0.559. The Morgan fingerprint density at radius 3 is 2.08 bits per heavy atom. The van der Waals surface area contributed by atoms with Gasteiger partial charge < -0.3 is 9.97 Å². The summed E-state index contributed by atoms with van der Waals surface area (Å²) in [4.78, 5) is 18.8. The fraction of sp³-hybridized carbons (Fsp3) is 0.316. The average Bonchev–Trinajstić information content (AvgIpc) is 3.23. The van der Waals surface area contributed by atoms with Gasteiger partial charge in [0.15, 0.2) is 0 Å². The van der Waals surface area contributed by atoms with Crippen LogP contribution in [0.2, 0.25) is 0 Å². The van der Waals surface area contributed by atoms with Crippen molar-refractivity contribution in [3.63, 3.8) is 0 Å². The van der Waals surface area contributed by atoms with Gasteiger partial charge in [-0.25, -0.2) is 15.0 Å². The van der Waals surface area contributed by atoms with Crippen molar-refractivity contribution in [2.75, 3.05) is 0 Å². The fourth-order valence-electron chi connectivity index (χ4n) is 2.84. The molecule has 0 bridgehead atoms.